The molecule has 3 aromatic heterocycles. The van der Waals surface area contributed by atoms with Gasteiger partial charge in [0.1, 0.15) is 0 Å². The van der Waals surface area contributed by atoms with Crippen molar-refractivity contribution in [3.05, 3.63) is 109 Å². The Kier molecular flexibility index (Phi) is 4.27. The van der Waals surface area contributed by atoms with Crippen molar-refractivity contribution >= 4 is 43.2 Å². The molecule has 0 bridgehead atoms. The molecular weight excluding hydrogens is 426 g/mol. The largest absolute Gasteiger partial charge is 0.358 e. The average molecular weight is 450 g/mol. The van der Waals surface area contributed by atoms with Gasteiger partial charge in [0.2, 0.25) is 0 Å². The number of aryl methyl sites for hydroxylation is 2. The predicted octanol–water partition coefficient (Wildman–Crippen LogP) is 8.37. The maximum atomic E-state index is 5.10. The molecule has 0 atom stereocenters. The zero-order valence-corrected chi connectivity index (χ0v) is 19.6. The van der Waals surface area contributed by atoms with Crippen LogP contribution < -0.4 is 0 Å². The van der Waals surface area contributed by atoms with Gasteiger partial charge >= 0.3 is 0 Å². The Balaban J connectivity index is 1.65. The van der Waals surface area contributed by atoms with Crippen LogP contribution in [0.4, 0.5) is 0 Å². The van der Waals surface area contributed by atoms with E-state index in [1.165, 1.54) is 54.5 Å². The molecule has 7 rings (SSSR count). The highest BCUT2D eigenvalue weighted by Crippen LogP contribution is 2.43. The number of benzene rings is 4. The SMILES string of the molecule is Cc1[nH]c2c3ccccc3c3cc(-c4cccc(-c5ccncc5)n4)c4ccccc4c3c2c1C. The Morgan fingerprint density at radius 1 is 0.600 bits per heavy atom. The number of pyridine rings is 2. The van der Waals surface area contributed by atoms with Gasteiger partial charge in [0, 0.05) is 40.0 Å². The Bertz CT molecular complexity index is 1910. The van der Waals surface area contributed by atoms with Crippen molar-refractivity contribution in [2.75, 3.05) is 0 Å². The minimum Gasteiger partial charge on any atom is -0.358 e. The standard InChI is InChI=1S/C32H23N3/c1-19-20(2)34-32-25-11-6-4-9-23(25)27-18-26(22-8-3-5-10-24(22)31(27)30(19)32)29-13-7-12-28(35-29)21-14-16-33-17-15-21/h3-18,34H,1-2H3. The highest BCUT2D eigenvalue weighted by atomic mass is 14.7. The second-order valence-corrected chi connectivity index (χ2v) is 9.21. The lowest BCUT2D eigenvalue weighted by Crippen LogP contribution is -1.91. The van der Waals surface area contributed by atoms with E-state index in [2.05, 4.69) is 96.6 Å². The summed E-state index contributed by atoms with van der Waals surface area (Å²) in [4.78, 5) is 12.9. The first-order valence-electron chi connectivity index (χ1n) is 11.9. The monoisotopic (exact) mass is 449 g/mol. The van der Waals surface area contributed by atoms with Crippen LogP contribution in [-0.2, 0) is 0 Å². The fourth-order valence-electron chi connectivity index (χ4n) is 5.51. The van der Waals surface area contributed by atoms with Crippen LogP contribution in [0.1, 0.15) is 11.3 Å². The van der Waals surface area contributed by atoms with Crippen LogP contribution in [0.2, 0.25) is 0 Å². The second kappa shape index (κ2) is 7.51. The van der Waals surface area contributed by atoms with E-state index in [1.807, 2.05) is 24.5 Å². The summed E-state index contributed by atoms with van der Waals surface area (Å²) in [7, 11) is 0. The van der Waals surface area contributed by atoms with Crippen LogP contribution in [-0.4, -0.2) is 15.0 Å². The van der Waals surface area contributed by atoms with Crippen molar-refractivity contribution in [2.24, 2.45) is 0 Å². The molecule has 0 fully saturated rings. The van der Waals surface area contributed by atoms with E-state index in [0.717, 1.165) is 22.5 Å². The normalized spacial score (nSPS) is 11.7. The Morgan fingerprint density at radius 3 is 2.09 bits per heavy atom. The highest BCUT2D eigenvalue weighted by molar-refractivity contribution is 6.33. The van der Waals surface area contributed by atoms with Gasteiger partial charge in [-0.05, 0) is 76.7 Å². The smallest absolute Gasteiger partial charge is 0.0715 e. The number of nitrogens with zero attached hydrogens (tertiary/aromatic N) is 2. The summed E-state index contributed by atoms with van der Waals surface area (Å²) in [6.07, 6.45) is 3.63. The Labute approximate surface area is 203 Å². The average Bonchev–Trinajstić information content (AvgIpc) is 3.22. The molecule has 7 aromatic rings. The van der Waals surface area contributed by atoms with E-state index in [9.17, 15) is 0 Å². The highest BCUT2D eigenvalue weighted by Gasteiger charge is 2.18. The number of rotatable bonds is 2. The molecular formula is C32H23N3. The van der Waals surface area contributed by atoms with Crippen LogP contribution >= 0.6 is 0 Å². The molecule has 0 amide bonds. The van der Waals surface area contributed by atoms with Crippen LogP contribution in [0.15, 0.2) is 97.3 Å². The van der Waals surface area contributed by atoms with Crippen molar-refractivity contribution in [3.8, 4) is 22.5 Å². The first-order chi connectivity index (χ1) is 17.2. The van der Waals surface area contributed by atoms with Gasteiger partial charge in [-0.1, -0.05) is 54.6 Å². The van der Waals surface area contributed by atoms with Crippen LogP contribution in [0, 0.1) is 13.8 Å². The summed E-state index contributed by atoms with van der Waals surface area (Å²) in [6, 6.07) is 30.1. The minimum atomic E-state index is 0.950. The lowest BCUT2D eigenvalue weighted by Gasteiger charge is -2.15. The fourth-order valence-corrected chi connectivity index (χ4v) is 5.51. The number of aromatic amines is 1. The van der Waals surface area contributed by atoms with Gasteiger partial charge in [0.05, 0.1) is 16.9 Å². The lowest BCUT2D eigenvalue weighted by molar-refractivity contribution is 1.26. The summed E-state index contributed by atoms with van der Waals surface area (Å²) < 4.78 is 0. The molecule has 4 aromatic carbocycles. The molecule has 3 heteroatoms. The minimum absolute atomic E-state index is 0.950. The van der Waals surface area contributed by atoms with E-state index in [4.69, 9.17) is 4.98 Å². The van der Waals surface area contributed by atoms with Gasteiger partial charge in [0.25, 0.3) is 0 Å². The topological polar surface area (TPSA) is 41.6 Å². The van der Waals surface area contributed by atoms with Crippen molar-refractivity contribution in [3.63, 3.8) is 0 Å². The van der Waals surface area contributed by atoms with Gasteiger partial charge in [-0.25, -0.2) is 4.98 Å². The van der Waals surface area contributed by atoms with E-state index >= 15 is 0 Å². The third kappa shape index (κ3) is 2.91. The third-order valence-corrected chi connectivity index (χ3v) is 7.28. The summed E-state index contributed by atoms with van der Waals surface area (Å²) in [6.45, 7) is 4.39. The molecule has 1 N–H and O–H groups in total. The number of H-pyrrole nitrogens is 1. The number of fused-ring (bicyclic) bond motifs is 8. The van der Waals surface area contributed by atoms with Crippen molar-refractivity contribution in [1.82, 2.24) is 15.0 Å². The van der Waals surface area contributed by atoms with Gasteiger partial charge in [-0.2, -0.15) is 0 Å². The maximum Gasteiger partial charge on any atom is 0.0715 e. The number of hydrogen-bond donors (Lipinski definition) is 1. The summed E-state index contributed by atoms with van der Waals surface area (Å²) >= 11 is 0. The Hall–Kier alpha value is -4.50. The zero-order valence-electron chi connectivity index (χ0n) is 19.6. The first kappa shape index (κ1) is 19.9. The molecule has 166 valence electrons. The van der Waals surface area contributed by atoms with Gasteiger partial charge in [0.15, 0.2) is 0 Å². The fraction of sp³-hybridized carbons (Fsp3) is 0.0625. The molecule has 0 aliphatic rings. The van der Waals surface area contributed by atoms with Crippen molar-refractivity contribution < 1.29 is 0 Å². The van der Waals surface area contributed by atoms with E-state index in [-0.39, 0.29) is 0 Å². The second-order valence-electron chi connectivity index (χ2n) is 9.21. The van der Waals surface area contributed by atoms with Gasteiger partial charge < -0.3 is 4.98 Å². The van der Waals surface area contributed by atoms with Crippen LogP contribution in [0.3, 0.4) is 0 Å². The molecule has 0 unspecified atom stereocenters. The summed E-state index contributed by atoms with van der Waals surface area (Å²) in [5.74, 6) is 0. The van der Waals surface area contributed by atoms with Gasteiger partial charge in [-0.3, -0.25) is 4.98 Å². The van der Waals surface area contributed by atoms with Crippen molar-refractivity contribution in [2.45, 2.75) is 13.8 Å². The van der Waals surface area contributed by atoms with E-state index < -0.39 is 0 Å². The molecule has 0 radical (unpaired) electrons. The molecule has 3 heterocycles. The third-order valence-electron chi connectivity index (χ3n) is 7.28. The molecule has 0 spiro atoms. The van der Waals surface area contributed by atoms with E-state index in [1.54, 1.807) is 0 Å². The summed E-state index contributed by atoms with van der Waals surface area (Å²) in [5.41, 5.74) is 7.90. The quantitative estimate of drug-likeness (QED) is 0.269. The number of aromatic nitrogens is 3. The molecule has 0 saturated carbocycles. The first-order valence-corrected chi connectivity index (χ1v) is 11.9. The molecule has 35 heavy (non-hydrogen) atoms. The van der Waals surface area contributed by atoms with E-state index in [0.29, 0.717) is 0 Å². The zero-order chi connectivity index (χ0) is 23.5. The Morgan fingerprint density at radius 2 is 1.29 bits per heavy atom. The van der Waals surface area contributed by atoms with Crippen LogP contribution in [0.5, 0.6) is 0 Å². The van der Waals surface area contributed by atoms with Crippen LogP contribution in [0.25, 0.3) is 65.7 Å². The molecule has 0 saturated heterocycles. The number of nitrogens with one attached hydrogen (secondary N) is 1. The summed E-state index contributed by atoms with van der Waals surface area (Å²) in [5, 5.41) is 8.88. The molecule has 0 aliphatic heterocycles. The lowest BCUT2D eigenvalue weighted by atomic mass is 9.89. The number of hydrogen-bond acceptors (Lipinski definition) is 2. The predicted molar refractivity (Wildman–Crippen MR) is 147 cm³/mol. The van der Waals surface area contributed by atoms with Crippen molar-refractivity contribution in [1.29, 1.82) is 0 Å². The molecule has 3 nitrogen and oxygen atoms in total. The van der Waals surface area contributed by atoms with Gasteiger partial charge in [-0.15, -0.1) is 0 Å². The maximum absolute atomic E-state index is 5.10. The molecule has 0 aliphatic carbocycles.